The van der Waals surface area contributed by atoms with Crippen LogP contribution in [-0.2, 0) is 4.79 Å². The zero-order valence-corrected chi connectivity index (χ0v) is 16.4. The summed E-state index contributed by atoms with van der Waals surface area (Å²) >= 11 is 0. The van der Waals surface area contributed by atoms with Crippen LogP contribution >= 0.6 is 0 Å². The number of nitrogens with one attached hydrogen (secondary N) is 1. The van der Waals surface area contributed by atoms with Crippen molar-refractivity contribution in [3.05, 3.63) is 58.7 Å². The van der Waals surface area contributed by atoms with Gasteiger partial charge in [-0.15, -0.1) is 0 Å². The zero-order chi connectivity index (χ0) is 19.1. The number of carbonyl (C=O) groups is 1. The molecule has 1 atom stereocenters. The van der Waals surface area contributed by atoms with Gasteiger partial charge in [-0.2, -0.15) is 0 Å². The molecule has 0 aliphatic carbocycles. The number of hydrogen-bond donors (Lipinski definition) is 1. The van der Waals surface area contributed by atoms with Gasteiger partial charge in [-0.1, -0.05) is 25.1 Å². The number of rotatable bonds is 8. The molecule has 1 N–H and O–H groups in total. The summed E-state index contributed by atoms with van der Waals surface area (Å²) in [7, 11) is 0. The molecule has 0 heterocycles. The number of amides is 1. The van der Waals surface area contributed by atoms with E-state index in [1.54, 1.807) is 0 Å². The van der Waals surface area contributed by atoms with E-state index >= 15 is 0 Å². The monoisotopic (exact) mass is 355 g/mol. The van der Waals surface area contributed by atoms with E-state index in [4.69, 9.17) is 9.47 Å². The average molecular weight is 355 g/mol. The second kappa shape index (κ2) is 9.27. The molecule has 4 heteroatoms. The summed E-state index contributed by atoms with van der Waals surface area (Å²) in [6.45, 7) is 10.9. The first kappa shape index (κ1) is 19.8. The largest absolute Gasteiger partial charge is 0.491 e. The van der Waals surface area contributed by atoms with Gasteiger partial charge in [-0.3, -0.25) is 4.79 Å². The minimum atomic E-state index is -0.502. The lowest BCUT2D eigenvalue weighted by Gasteiger charge is -2.18. The Kier molecular flexibility index (Phi) is 7.07. The normalized spacial score (nSPS) is 11.7. The molecule has 0 aliphatic rings. The van der Waals surface area contributed by atoms with Gasteiger partial charge in [-0.05, 0) is 74.6 Å². The lowest BCUT2D eigenvalue weighted by atomic mass is 10.1. The quantitative estimate of drug-likeness (QED) is 0.719. The van der Waals surface area contributed by atoms with Crippen molar-refractivity contribution in [2.45, 2.75) is 47.1 Å². The third-order valence-electron chi connectivity index (χ3n) is 4.42. The Balaban J connectivity index is 1.83. The summed E-state index contributed by atoms with van der Waals surface area (Å²) in [6.07, 6.45) is 0.106. The summed E-state index contributed by atoms with van der Waals surface area (Å²) in [5.41, 5.74) is 4.60. The van der Waals surface area contributed by atoms with E-state index in [2.05, 4.69) is 18.3 Å². The van der Waals surface area contributed by atoms with E-state index in [0.717, 1.165) is 28.2 Å². The highest BCUT2D eigenvalue weighted by Gasteiger charge is 2.18. The fraction of sp³-hybridized carbons (Fsp3) is 0.409. The molecule has 1 amide bonds. The molecule has 0 unspecified atom stereocenters. The topological polar surface area (TPSA) is 47.6 Å². The van der Waals surface area contributed by atoms with Crippen molar-refractivity contribution >= 4 is 5.91 Å². The maximum Gasteiger partial charge on any atom is 0.261 e. The van der Waals surface area contributed by atoms with Crippen LogP contribution in [0, 0.1) is 27.7 Å². The van der Waals surface area contributed by atoms with Crippen molar-refractivity contribution < 1.29 is 14.3 Å². The molecule has 0 aromatic heterocycles. The highest BCUT2D eigenvalue weighted by Crippen LogP contribution is 2.19. The van der Waals surface area contributed by atoms with E-state index in [-0.39, 0.29) is 5.91 Å². The maximum atomic E-state index is 12.4. The predicted octanol–water partition coefficient (Wildman–Crippen LogP) is 4.27. The van der Waals surface area contributed by atoms with Gasteiger partial charge in [0.2, 0.25) is 0 Å². The van der Waals surface area contributed by atoms with Crippen molar-refractivity contribution in [3.63, 3.8) is 0 Å². The first-order valence-electron chi connectivity index (χ1n) is 9.12. The first-order chi connectivity index (χ1) is 12.4. The van der Waals surface area contributed by atoms with E-state index in [0.29, 0.717) is 19.6 Å². The zero-order valence-electron chi connectivity index (χ0n) is 16.4. The number of aryl methyl sites for hydroxylation is 4. The predicted molar refractivity (Wildman–Crippen MR) is 105 cm³/mol. The van der Waals surface area contributed by atoms with Crippen LogP contribution in [0.4, 0.5) is 0 Å². The minimum Gasteiger partial charge on any atom is -0.491 e. The van der Waals surface area contributed by atoms with Crippen LogP contribution in [0.1, 0.15) is 35.6 Å². The van der Waals surface area contributed by atoms with Gasteiger partial charge >= 0.3 is 0 Å². The third-order valence-corrected chi connectivity index (χ3v) is 4.42. The van der Waals surface area contributed by atoms with Gasteiger partial charge in [0.05, 0.1) is 6.54 Å². The van der Waals surface area contributed by atoms with Crippen molar-refractivity contribution in [2.75, 3.05) is 13.2 Å². The molecule has 0 saturated carbocycles. The van der Waals surface area contributed by atoms with Crippen LogP contribution in [-0.4, -0.2) is 25.2 Å². The van der Waals surface area contributed by atoms with Gasteiger partial charge in [0.1, 0.15) is 18.1 Å². The fourth-order valence-corrected chi connectivity index (χ4v) is 2.59. The second-order valence-corrected chi connectivity index (χ2v) is 6.67. The lowest BCUT2D eigenvalue weighted by Crippen LogP contribution is -2.39. The molecule has 0 radical (unpaired) electrons. The number of ether oxygens (including phenoxy) is 2. The molecule has 2 rings (SSSR count). The van der Waals surface area contributed by atoms with Crippen molar-refractivity contribution in [1.29, 1.82) is 0 Å². The van der Waals surface area contributed by atoms with Crippen LogP contribution in [0.2, 0.25) is 0 Å². The standard InChI is InChI=1S/C22H29NO3/c1-6-20(26-19-10-9-16(3)18(5)14-19)22(24)23-11-12-25-21-13-15(2)7-8-17(21)4/h7-10,13-14,20H,6,11-12H2,1-5H3,(H,23,24)/t20-/m0/s1. The second-order valence-electron chi connectivity index (χ2n) is 6.67. The summed E-state index contributed by atoms with van der Waals surface area (Å²) in [5.74, 6) is 1.47. The number of hydrogen-bond acceptors (Lipinski definition) is 3. The van der Waals surface area contributed by atoms with Crippen molar-refractivity contribution in [1.82, 2.24) is 5.32 Å². The molecule has 2 aromatic carbocycles. The molecule has 2 aromatic rings. The van der Waals surface area contributed by atoms with Crippen LogP contribution in [0.15, 0.2) is 36.4 Å². The molecule has 0 saturated heterocycles. The molecule has 140 valence electrons. The van der Waals surface area contributed by atoms with Crippen molar-refractivity contribution in [3.8, 4) is 11.5 Å². The SMILES string of the molecule is CC[C@H](Oc1ccc(C)c(C)c1)C(=O)NCCOc1cc(C)ccc1C. The molecule has 0 aliphatic heterocycles. The molecular formula is C22H29NO3. The van der Waals surface area contributed by atoms with Crippen LogP contribution in [0.5, 0.6) is 11.5 Å². The Morgan fingerprint density at radius 3 is 2.42 bits per heavy atom. The summed E-state index contributed by atoms with van der Waals surface area (Å²) in [6, 6.07) is 12.0. The Morgan fingerprint density at radius 1 is 1.00 bits per heavy atom. The minimum absolute atomic E-state index is 0.115. The Morgan fingerprint density at radius 2 is 1.73 bits per heavy atom. The van der Waals surface area contributed by atoms with E-state index in [1.165, 1.54) is 5.56 Å². The smallest absolute Gasteiger partial charge is 0.261 e. The highest BCUT2D eigenvalue weighted by molar-refractivity contribution is 5.81. The van der Waals surface area contributed by atoms with Gasteiger partial charge in [0.25, 0.3) is 5.91 Å². The van der Waals surface area contributed by atoms with Crippen LogP contribution in [0.3, 0.4) is 0 Å². The average Bonchev–Trinajstić information content (AvgIpc) is 2.62. The van der Waals surface area contributed by atoms with Gasteiger partial charge in [0, 0.05) is 0 Å². The van der Waals surface area contributed by atoms with Crippen molar-refractivity contribution in [2.24, 2.45) is 0 Å². The summed E-state index contributed by atoms with van der Waals surface area (Å²) < 4.78 is 11.6. The maximum absolute atomic E-state index is 12.4. The van der Waals surface area contributed by atoms with E-state index in [1.807, 2.05) is 58.0 Å². The Hall–Kier alpha value is -2.49. The molecule has 0 bridgehead atoms. The third kappa shape index (κ3) is 5.51. The fourth-order valence-electron chi connectivity index (χ4n) is 2.59. The molecule has 0 spiro atoms. The van der Waals surface area contributed by atoms with Gasteiger partial charge in [-0.25, -0.2) is 0 Å². The molecule has 26 heavy (non-hydrogen) atoms. The number of carbonyl (C=O) groups excluding carboxylic acids is 1. The highest BCUT2D eigenvalue weighted by atomic mass is 16.5. The summed E-state index contributed by atoms with van der Waals surface area (Å²) in [5, 5.41) is 2.90. The van der Waals surface area contributed by atoms with Crippen LogP contribution < -0.4 is 14.8 Å². The first-order valence-corrected chi connectivity index (χ1v) is 9.12. The van der Waals surface area contributed by atoms with Gasteiger partial charge < -0.3 is 14.8 Å². The van der Waals surface area contributed by atoms with E-state index < -0.39 is 6.10 Å². The summed E-state index contributed by atoms with van der Waals surface area (Å²) in [4.78, 5) is 12.4. The van der Waals surface area contributed by atoms with Gasteiger partial charge in [0.15, 0.2) is 6.10 Å². The Labute approximate surface area is 156 Å². The van der Waals surface area contributed by atoms with Crippen LogP contribution in [0.25, 0.3) is 0 Å². The lowest BCUT2D eigenvalue weighted by molar-refractivity contribution is -0.128. The Bertz CT molecular complexity index is 755. The number of benzene rings is 2. The molecule has 0 fully saturated rings. The molecule has 4 nitrogen and oxygen atoms in total. The molecular weight excluding hydrogens is 326 g/mol. The van der Waals surface area contributed by atoms with E-state index in [9.17, 15) is 4.79 Å².